The Morgan fingerprint density at radius 1 is 0.269 bits per heavy atom. The smallest absolute Gasteiger partial charge is 0.0555 e. The van der Waals surface area contributed by atoms with E-state index in [2.05, 4.69) is 167 Å². The fourth-order valence-electron chi connectivity index (χ4n) is 9.12. The molecule has 0 radical (unpaired) electrons. The van der Waals surface area contributed by atoms with E-state index in [-0.39, 0.29) is 0 Å². The van der Waals surface area contributed by atoms with E-state index in [1.165, 1.54) is 106 Å². The molecule has 0 aliphatic carbocycles. The quantitative estimate of drug-likeness (QED) is 0.149. The topological polar surface area (TPSA) is 8.82 Å². The molecule has 0 saturated heterocycles. The summed E-state index contributed by atoms with van der Waals surface area (Å²) in [6.45, 7) is 0. The van der Waals surface area contributed by atoms with Crippen LogP contribution in [0.4, 0.5) is 0 Å². The van der Waals surface area contributed by atoms with Crippen LogP contribution in [0.1, 0.15) is 0 Å². The molecular formula is C48H26N2S2. The molecule has 0 fully saturated rings. The summed E-state index contributed by atoms with van der Waals surface area (Å²) in [4.78, 5) is 0. The highest BCUT2D eigenvalue weighted by atomic mass is 32.1. The van der Waals surface area contributed by atoms with Crippen molar-refractivity contribution in [1.82, 2.24) is 8.80 Å². The second-order valence-electron chi connectivity index (χ2n) is 14.1. The molecule has 0 aliphatic heterocycles. The van der Waals surface area contributed by atoms with Crippen LogP contribution >= 0.6 is 22.7 Å². The number of rotatable bonds is 0. The molecule has 2 nitrogen and oxygen atoms in total. The first kappa shape index (κ1) is 27.5. The van der Waals surface area contributed by atoms with Crippen molar-refractivity contribution in [3.8, 4) is 0 Å². The van der Waals surface area contributed by atoms with Crippen molar-refractivity contribution in [2.75, 3.05) is 0 Å². The largest absolute Gasteiger partial charge is 0.309 e. The molecule has 0 aliphatic rings. The third kappa shape index (κ3) is 3.53. The van der Waals surface area contributed by atoms with Gasteiger partial charge < -0.3 is 8.80 Å². The van der Waals surface area contributed by atoms with Gasteiger partial charge in [-0.15, -0.1) is 22.7 Å². The first-order valence-electron chi connectivity index (χ1n) is 17.7. The van der Waals surface area contributed by atoms with Gasteiger partial charge in [0, 0.05) is 72.9 Å². The average Bonchev–Trinajstić information content (AvgIpc) is 3.92. The normalized spacial score (nSPS) is 12.6. The number of aromatic nitrogens is 2. The summed E-state index contributed by atoms with van der Waals surface area (Å²) in [6.07, 6.45) is 0. The van der Waals surface area contributed by atoms with Crippen molar-refractivity contribution in [2.24, 2.45) is 0 Å². The molecule has 0 unspecified atom stereocenters. The second-order valence-corrected chi connectivity index (χ2v) is 16.3. The third-order valence-electron chi connectivity index (χ3n) is 11.4. The van der Waals surface area contributed by atoms with Crippen LogP contribution in [-0.4, -0.2) is 8.80 Å². The summed E-state index contributed by atoms with van der Waals surface area (Å²) in [5.41, 5.74) is 7.25. The molecule has 4 heteroatoms. The van der Waals surface area contributed by atoms with E-state index in [9.17, 15) is 0 Å². The highest BCUT2D eigenvalue weighted by Crippen LogP contribution is 2.42. The van der Waals surface area contributed by atoms with Gasteiger partial charge in [-0.05, 0) is 88.3 Å². The van der Waals surface area contributed by atoms with Crippen LogP contribution in [0.15, 0.2) is 158 Å². The predicted octanol–water partition coefficient (Wildman–Crippen LogP) is 14.4. The van der Waals surface area contributed by atoms with Gasteiger partial charge in [-0.2, -0.15) is 0 Å². The number of fused-ring (bicyclic) bond motifs is 21. The number of benzene rings is 8. The fraction of sp³-hybridized carbons (Fsp3) is 0. The monoisotopic (exact) mass is 694 g/mol. The van der Waals surface area contributed by atoms with Gasteiger partial charge >= 0.3 is 0 Å². The zero-order valence-corrected chi connectivity index (χ0v) is 29.4. The molecule has 0 N–H and O–H groups in total. The Balaban J connectivity index is 1.30. The van der Waals surface area contributed by atoms with Gasteiger partial charge in [0.1, 0.15) is 0 Å². The lowest BCUT2D eigenvalue weighted by molar-refractivity contribution is 1.31. The predicted molar refractivity (Wildman–Crippen MR) is 228 cm³/mol. The number of hydrogen-bond acceptors (Lipinski definition) is 2. The molecule has 240 valence electrons. The van der Waals surface area contributed by atoms with E-state index in [1.807, 2.05) is 22.7 Å². The Morgan fingerprint density at radius 2 is 0.712 bits per heavy atom. The SMILES string of the molecule is c1ccc2c(c1)sc1cc3c(cc12)c1ccc2cc1n3c1cccc(c1)n1c3cc(ccc3c3cc4c(cc31)sc1ccccc14)c1ccccc21. The van der Waals surface area contributed by atoms with Crippen LogP contribution in [0.2, 0.25) is 0 Å². The molecule has 0 spiro atoms. The fourth-order valence-corrected chi connectivity index (χ4v) is 11.4. The number of hydrogen-bond donors (Lipinski definition) is 0. The van der Waals surface area contributed by atoms with E-state index < -0.39 is 0 Å². The van der Waals surface area contributed by atoms with Crippen LogP contribution in [0.5, 0.6) is 0 Å². The third-order valence-corrected chi connectivity index (χ3v) is 13.7. The Bertz CT molecular complexity index is 3520. The van der Waals surface area contributed by atoms with Crippen LogP contribution in [0.3, 0.4) is 0 Å². The lowest BCUT2D eigenvalue weighted by Crippen LogP contribution is -1.88. The van der Waals surface area contributed by atoms with E-state index in [0.717, 1.165) is 11.0 Å². The highest BCUT2D eigenvalue weighted by Gasteiger charge is 2.17. The van der Waals surface area contributed by atoms with E-state index in [0.29, 0.717) is 0 Å². The Labute approximate surface area is 304 Å². The van der Waals surface area contributed by atoms with Crippen molar-refractivity contribution >= 4 is 139 Å². The van der Waals surface area contributed by atoms with E-state index in [4.69, 9.17) is 0 Å². The van der Waals surface area contributed by atoms with Crippen molar-refractivity contribution in [3.63, 3.8) is 0 Å². The summed E-state index contributed by atoms with van der Waals surface area (Å²) in [5.74, 6) is 0. The molecular weight excluding hydrogens is 669 g/mol. The summed E-state index contributed by atoms with van der Waals surface area (Å²) >= 11 is 3.77. The van der Waals surface area contributed by atoms with Crippen molar-refractivity contribution in [1.29, 1.82) is 0 Å². The van der Waals surface area contributed by atoms with Crippen LogP contribution in [0.25, 0.3) is 117 Å². The van der Waals surface area contributed by atoms with Crippen molar-refractivity contribution < 1.29 is 0 Å². The molecule has 0 atom stereocenters. The molecule has 52 heavy (non-hydrogen) atoms. The molecule has 5 aromatic heterocycles. The summed E-state index contributed by atoms with van der Waals surface area (Å²) in [6, 6.07) is 59.6. The minimum Gasteiger partial charge on any atom is -0.309 e. The molecule has 8 aromatic carbocycles. The number of thiophene rings is 2. The minimum absolute atomic E-state index is 1.16. The van der Waals surface area contributed by atoms with Gasteiger partial charge in [-0.3, -0.25) is 0 Å². The average molecular weight is 695 g/mol. The van der Waals surface area contributed by atoms with Crippen molar-refractivity contribution in [2.45, 2.75) is 0 Å². The Hall–Kier alpha value is -6.20. The van der Waals surface area contributed by atoms with E-state index >= 15 is 0 Å². The molecule has 6 bridgehead atoms. The van der Waals surface area contributed by atoms with Crippen LogP contribution < -0.4 is 0 Å². The Kier molecular flexibility index (Phi) is 5.17. The van der Waals surface area contributed by atoms with Crippen molar-refractivity contribution in [3.05, 3.63) is 158 Å². The van der Waals surface area contributed by atoms with Crippen LogP contribution in [0, 0.1) is 0 Å². The van der Waals surface area contributed by atoms with Gasteiger partial charge in [0.15, 0.2) is 0 Å². The maximum absolute atomic E-state index is 2.50. The van der Waals surface area contributed by atoms with Gasteiger partial charge in [-0.25, -0.2) is 0 Å². The Morgan fingerprint density at radius 3 is 1.21 bits per heavy atom. The van der Waals surface area contributed by atoms with Gasteiger partial charge in [-0.1, -0.05) is 91.0 Å². The summed E-state index contributed by atoms with van der Waals surface area (Å²) < 4.78 is 10.3. The molecule has 5 heterocycles. The van der Waals surface area contributed by atoms with Crippen LogP contribution in [-0.2, 0) is 0 Å². The maximum Gasteiger partial charge on any atom is 0.0555 e. The summed E-state index contributed by atoms with van der Waals surface area (Å²) in [7, 11) is 0. The maximum atomic E-state index is 2.50. The summed E-state index contributed by atoms with van der Waals surface area (Å²) in [5, 5.41) is 15.4. The van der Waals surface area contributed by atoms with Gasteiger partial charge in [0.25, 0.3) is 0 Å². The second kappa shape index (κ2) is 9.77. The van der Waals surface area contributed by atoms with Gasteiger partial charge in [0.2, 0.25) is 0 Å². The minimum atomic E-state index is 1.16. The molecule has 13 aromatic rings. The lowest BCUT2D eigenvalue weighted by Gasteiger charge is -2.04. The molecule has 0 saturated carbocycles. The number of nitrogens with zero attached hydrogens (tertiary/aromatic N) is 2. The zero-order valence-electron chi connectivity index (χ0n) is 27.7. The first-order chi connectivity index (χ1) is 25.7. The highest BCUT2D eigenvalue weighted by molar-refractivity contribution is 7.26. The van der Waals surface area contributed by atoms with Gasteiger partial charge in [0.05, 0.1) is 22.1 Å². The lowest BCUT2D eigenvalue weighted by atomic mass is 10.0. The standard InChI is InChI=1S/C48H26N2S2/c1-2-11-32-28-17-19-34-38-24-40-36-13-4-6-15-46(36)52-48(40)26-44(38)50(42(34)21-28)30-9-7-8-29(22-30)49-41-20-27(31(32)10-1)16-18-33(41)37-23-39-35-12-3-5-14-45(35)51-47(39)25-43(37)49/h1-26H. The zero-order chi connectivity index (χ0) is 33.7. The molecule has 13 rings (SSSR count). The van der Waals surface area contributed by atoms with E-state index in [1.54, 1.807) is 0 Å². The first-order valence-corrected chi connectivity index (χ1v) is 19.4. The molecule has 0 amide bonds.